The van der Waals surface area contributed by atoms with Crippen LogP contribution in [0.25, 0.3) is 5.78 Å². The molecule has 2 N–H and O–H groups in total. The fraction of sp³-hybridized carbons (Fsp3) is 0.538. The molecule has 0 spiro atoms. The number of aryl methyl sites for hydroxylation is 3. The van der Waals surface area contributed by atoms with Crippen molar-refractivity contribution < 1.29 is 0 Å². The highest BCUT2D eigenvalue weighted by atomic mass is 15.1. The van der Waals surface area contributed by atoms with Gasteiger partial charge in [0.25, 0.3) is 0 Å². The quantitative estimate of drug-likeness (QED) is 0.874. The van der Waals surface area contributed by atoms with E-state index in [9.17, 15) is 0 Å². The average molecular weight is 230 g/mol. The maximum Gasteiger partial charge on any atom is 0.234 e. The molecule has 0 aromatic carbocycles. The first-order valence-electron chi connectivity index (χ1n) is 6.17. The standard InChI is InChI=1S/C13H18N4/c1-9-7-10(2)17-11(8-15-12(17)16-9)3-4-13(14)5-6-13/h7-8H,3-6,14H2,1-2H3. The summed E-state index contributed by atoms with van der Waals surface area (Å²) in [4.78, 5) is 8.81. The van der Waals surface area contributed by atoms with Crippen molar-refractivity contribution in [3.05, 3.63) is 29.3 Å². The molecular weight excluding hydrogens is 212 g/mol. The molecule has 3 rings (SSSR count). The number of nitrogens with two attached hydrogens (primary N) is 1. The van der Waals surface area contributed by atoms with Crippen molar-refractivity contribution in [2.45, 2.75) is 45.1 Å². The molecule has 1 aliphatic rings. The fourth-order valence-electron chi connectivity index (χ4n) is 2.36. The summed E-state index contributed by atoms with van der Waals surface area (Å²) in [6.45, 7) is 4.10. The van der Waals surface area contributed by atoms with Crippen LogP contribution >= 0.6 is 0 Å². The Hall–Kier alpha value is -1.42. The molecule has 0 saturated heterocycles. The summed E-state index contributed by atoms with van der Waals surface area (Å²) in [5.41, 5.74) is 9.67. The number of rotatable bonds is 3. The highest BCUT2D eigenvalue weighted by Gasteiger charge is 2.37. The molecule has 2 aromatic rings. The summed E-state index contributed by atoms with van der Waals surface area (Å²) in [7, 11) is 0. The Morgan fingerprint density at radius 1 is 1.41 bits per heavy atom. The maximum absolute atomic E-state index is 6.12. The molecule has 1 saturated carbocycles. The van der Waals surface area contributed by atoms with E-state index in [-0.39, 0.29) is 5.54 Å². The summed E-state index contributed by atoms with van der Waals surface area (Å²) >= 11 is 0. The van der Waals surface area contributed by atoms with Crippen LogP contribution in [0.1, 0.15) is 36.3 Å². The lowest BCUT2D eigenvalue weighted by Crippen LogP contribution is -2.22. The minimum atomic E-state index is 0.107. The highest BCUT2D eigenvalue weighted by molar-refractivity contribution is 5.35. The monoisotopic (exact) mass is 230 g/mol. The Bertz CT molecular complexity index is 566. The lowest BCUT2D eigenvalue weighted by Gasteiger charge is -2.09. The van der Waals surface area contributed by atoms with Crippen LogP contribution in [-0.4, -0.2) is 19.9 Å². The van der Waals surface area contributed by atoms with Gasteiger partial charge in [0, 0.05) is 22.6 Å². The first-order chi connectivity index (χ1) is 8.07. The van der Waals surface area contributed by atoms with Gasteiger partial charge in [-0.2, -0.15) is 0 Å². The molecule has 4 heteroatoms. The number of fused-ring (bicyclic) bond motifs is 1. The van der Waals surface area contributed by atoms with Crippen molar-refractivity contribution in [3.63, 3.8) is 0 Å². The van der Waals surface area contributed by atoms with E-state index in [1.54, 1.807) is 0 Å². The molecule has 2 heterocycles. The summed E-state index contributed by atoms with van der Waals surface area (Å²) in [5.74, 6) is 0.805. The van der Waals surface area contributed by atoms with Crippen LogP contribution in [0.2, 0.25) is 0 Å². The molecule has 0 atom stereocenters. The summed E-state index contributed by atoms with van der Waals surface area (Å²) in [6, 6.07) is 2.09. The number of nitrogens with zero attached hydrogens (tertiary/aromatic N) is 3. The minimum Gasteiger partial charge on any atom is -0.325 e. The summed E-state index contributed by atoms with van der Waals surface area (Å²) < 4.78 is 2.14. The number of hydrogen-bond donors (Lipinski definition) is 1. The van der Waals surface area contributed by atoms with Crippen molar-refractivity contribution in [3.8, 4) is 0 Å². The Kier molecular flexibility index (Phi) is 2.23. The van der Waals surface area contributed by atoms with Crippen LogP contribution in [0.15, 0.2) is 12.3 Å². The SMILES string of the molecule is Cc1cc(C)n2c(CCC3(N)CC3)cnc2n1. The highest BCUT2D eigenvalue weighted by Crippen LogP contribution is 2.36. The molecule has 0 radical (unpaired) electrons. The van der Waals surface area contributed by atoms with Gasteiger partial charge in [0.1, 0.15) is 0 Å². The molecule has 0 aliphatic heterocycles. The molecule has 1 fully saturated rings. The molecule has 0 bridgehead atoms. The van der Waals surface area contributed by atoms with Gasteiger partial charge in [0.15, 0.2) is 0 Å². The van der Waals surface area contributed by atoms with E-state index in [1.165, 1.54) is 24.2 Å². The Morgan fingerprint density at radius 2 is 2.18 bits per heavy atom. The maximum atomic E-state index is 6.12. The van der Waals surface area contributed by atoms with Gasteiger partial charge in [-0.05, 0) is 45.6 Å². The Morgan fingerprint density at radius 3 is 2.88 bits per heavy atom. The zero-order valence-electron chi connectivity index (χ0n) is 10.4. The lowest BCUT2D eigenvalue weighted by molar-refractivity contribution is 0.600. The van der Waals surface area contributed by atoms with Crippen LogP contribution in [0.3, 0.4) is 0 Å². The van der Waals surface area contributed by atoms with E-state index in [4.69, 9.17) is 5.73 Å². The third-order valence-corrected chi connectivity index (χ3v) is 3.63. The normalized spacial score (nSPS) is 17.6. The molecule has 0 unspecified atom stereocenters. The van der Waals surface area contributed by atoms with Crippen LogP contribution in [0.4, 0.5) is 0 Å². The molecule has 0 amide bonds. The molecule has 17 heavy (non-hydrogen) atoms. The average Bonchev–Trinajstić information content (AvgIpc) is 2.86. The van der Waals surface area contributed by atoms with Crippen molar-refractivity contribution in [2.24, 2.45) is 5.73 Å². The van der Waals surface area contributed by atoms with E-state index in [0.29, 0.717) is 0 Å². The van der Waals surface area contributed by atoms with Crippen molar-refractivity contribution >= 4 is 5.78 Å². The second-order valence-corrected chi connectivity index (χ2v) is 5.29. The van der Waals surface area contributed by atoms with Crippen LogP contribution in [-0.2, 0) is 6.42 Å². The molecule has 4 nitrogen and oxygen atoms in total. The number of imidazole rings is 1. The topological polar surface area (TPSA) is 56.2 Å². The second kappa shape index (κ2) is 3.53. The summed E-state index contributed by atoms with van der Waals surface area (Å²) in [6.07, 6.45) is 6.30. The predicted octanol–water partition coefficient (Wildman–Crippen LogP) is 1.77. The van der Waals surface area contributed by atoms with E-state index in [1.807, 2.05) is 13.1 Å². The van der Waals surface area contributed by atoms with Crippen molar-refractivity contribution in [2.75, 3.05) is 0 Å². The first-order valence-corrected chi connectivity index (χ1v) is 6.17. The van der Waals surface area contributed by atoms with Gasteiger partial charge in [-0.3, -0.25) is 4.40 Å². The van der Waals surface area contributed by atoms with Gasteiger partial charge in [-0.1, -0.05) is 0 Å². The van der Waals surface area contributed by atoms with Gasteiger partial charge in [0.2, 0.25) is 5.78 Å². The van der Waals surface area contributed by atoms with E-state index < -0.39 is 0 Å². The lowest BCUT2D eigenvalue weighted by atomic mass is 10.1. The minimum absolute atomic E-state index is 0.107. The second-order valence-electron chi connectivity index (χ2n) is 5.29. The van der Waals surface area contributed by atoms with Crippen LogP contribution in [0, 0.1) is 13.8 Å². The largest absolute Gasteiger partial charge is 0.325 e. The molecular formula is C13H18N4. The van der Waals surface area contributed by atoms with Crippen molar-refractivity contribution in [1.29, 1.82) is 0 Å². The van der Waals surface area contributed by atoms with E-state index in [2.05, 4.69) is 27.4 Å². The third kappa shape index (κ3) is 1.93. The van der Waals surface area contributed by atoms with Gasteiger partial charge in [0.05, 0.1) is 6.20 Å². The smallest absolute Gasteiger partial charge is 0.234 e. The summed E-state index contributed by atoms with van der Waals surface area (Å²) in [5, 5.41) is 0. The molecule has 90 valence electrons. The molecule has 2 aromatic heterocycles. The van der Waals surface area contributed by atoms with Gasteiger partial charge in [-0.15, -0.1) is 0 Å². The van der Waals surface area contributed by atoms with Gasteiger partial charge < -0.3 is 5.73 Å². The fourth-order valence-corrected chi connectivity index (χ4v) is 2.36. The van der Waals surface area contributed by atoms with Gasteiger partial charge >= 0.3 is 0 Å². The van der Waals surface area contributed by atoms with Gasteiger partial charge in [-0.25, -0.2) is 9.97 Å². The number of aromatic nitrogens is 3. The van der Waals surface area contributed by atoms with Crippen LogP contribution < -0.4 is 5.73 Å². The third-order valence-electron chi connectivity index (χ3n) is 3.63. The van der Waals surface area contributed by atoms with E-state index >= 15 is 0 Å². The first kappa shape index (κ1) is 10.7. The predicted molar refractivity (Wildman–Crippen MR) is 66.9 cm³/mol. The molecule has 1 aliphatic carbocycles. The zero-order chi connectivity index (χ0) is 12.0. The Labute approximate surface area is 101 Å². The van der Waals surface area contributed by atoms with Crippen LogP contribution in [0.5, 0.6) is 0 Å². The Balaban J connectivity index is 1.94. The van der Waals surface area contributed by atoms with Crippen molar-refractivity contribution in [1.82, 2.24) is 14.4 Å². The van der Waals surface area contributed by atoms with E-state index in [0.717, 1.165) is 24.3 Å². The zero-order valence-corrected chi connectivity index (χ0v) is 10.4. The number of hydrogen-bond acceptors (Lipinski definition) is 3.